The maximum atomic E-state index is 15.9. The number of rotatable bonds is 20. The number of anilines is 1. The van der Waals surface area contributed by atoms with Crippen LogP contribution in [0.15, 0.2) is 45.8 Å². The summed E-state index contributed by atoms with van der Waals surface area (Å²) in [7, 11) is 1.31. The van der Waals surface area contributed by atoms with Crippen LogP contribution in [0.3, 0.4) is 0 Å². The number of benzene rings is 1. The van der Waals surface area contributed by atoms with Crippen LogP contribution in [0.2, 0.25) is 5.02 Å². The molecule has 1 aromatic carbocycles. The van der Waals surface area contributed by atoms with E-state index in [0.29, 0.717) is 25.0 Å². The Hall–Kier alpha value is -4.65. The van der Waals surface area contributed by atoms with Crippen LogP contribution in [0.5, 0.6) is 0 Å². The third kappa shape index (κ3) is 10.3. The summed E-state index contributed by atoms with van der Waals surface area (Å²) in [6, 6.07) is 4.62. The van der Waals surface area contributed by atoms with Crippen molar-refractivity contribution >= 4 is 81.0 Å². The van der Waals surface area contributed by atoms with Gasteiger partial charge in [0.15, 0.2) is 5.60 Å². The van der Waals surface area contributed by atoms with Gasteiger partial charge in [0.05, 0.1) is 28.2 Å². The van der Waals surface area contributed by atoms with Crippen molar-refractivity contribution in [2.24, 2.45) is 11.5 Å². The molecule has 19 nitrogen and oxygen atoms in total. The number of pyridine rings is 1. The summed E-state index contributed by atoms with van der Waals surface area (Å²) in [5.41, 5.74) is 11.6. The molecule has 2 aromatic heterocycles. The molecular weight excluding hydrogens is 909 g/mol. The zero-order chi connectivity index (χ0) is 46.6. The highest BCUT2D eigenvalue weighted by molar-refractivity contribution is 8.00. The second kappa shape index (κ2) is 20.9. The average molecular weight is 963 g/mol. The molecule has 0 spiro atoms. The molecule has 3 amide bonds. The van der Waals surface area contributed by atoms with Gasteiger partial charge in [0.25, 0.3) is 11.8 Å². The number of nitrogens with zero attached hydrogens (tertiary/aromatic N) is 4. The molecule has 1 aliphatic carbocycles. The van der Waals surface area contributed by atoms with E-state index < -0.39 is 58.0 Å². The molecule has 3 fully saturated rings. The summed E-state index contributed by atoms with van der Waals surface area (Å²) in [5, 5.41) is 17.8. The molecule has 23 heteroatoms. The molecule has 0 bridgehead atoms. The first-order chi connectivity index (χ1) is 31.2. The van der Waals surface area contributed by atoms with Crippen molar-refractivity contribution in [2.75, 3.05) is 57.1 Å². The van der Waals surface area contributed by atoms with E-state index in [1.54, 1.807) is 4.57 Å². The fourth-order valence-electron chi connectivity index (χ4n) is 8.56. The van der Waals surface area contributed by atoms with Crippen molar-refractivity contribution in [2.45, 2.75) is 87.8 Å². The molecule has 5 heterocycles. The van der Waals surface area contributed by atoms with Crippen molar-refractivity contribution in [1.82, 2.24) is 25.4 Å². The fraction of sp³-hybridized carbons (Fsp3) is 0.524. The number of primary amides is 1. The first-order valence-electron chi connectivity index (χ1n) is 21.5. The number of aromatic nitrogens is 1. The number of Topliss-reactive ketones (excluding diaryl/α,β-unsaturated/α-hetero) is 1. The number of thioether (sulfide) groups is 1. The summed E-state index contributed by atoms with van der Waals surface area (Å²) in [6.07, 6.45) is 5.10. The number of hydrogen-bond acceptors (Lipinski definition) is 16. The molecule has 352 valence electrons. The van der Waals surface area contributed by atoms with Crippen molar-refractivity contribution < 1.29 is 48.0 Å². The maximum absolute atomic E-state index is 15.9. The number of nitrogens with one attached hydrogen (secondary N) is 3. The number of thiophene rings is 1. The highest BCUT2D eigenvalue weighted by Crippen LogP contribution is 2.50. The Bertz CT molecular complexity index is 2400. The van der Waals surface area contributed by atoms with Gasteiger partial charge in [-0.15, -0.1) is 28.1 Å². The van der Waals surface area contributed by atoms with E-state index in [9.17, 15) is 34.0 Å². The van der Waals surface area contributed by atoms with Crippen molar-refractivity contribution in [3.05, 3.63) is 77.8 Å². The number of ketones is 1. The summed E-state index contributed by atoms with van der Waals surface area (Å²) in [5.74, 6) is -3.32. The van der Waals surface area contributed by atoms with Crippen LogP contribution in [0.4, 0.5) is 14.9 Å². The number of β-lactam (4-membered cyclic amide) rings is 1. The van der Waals surface area contributed by atoms with Gasteiger partial charge in [0.1, 0.15) is 34.8 Å². The Labute approximate surface area is 386 Å². The Morgan fingerprint density at radius 3 is 2.65 bits per heavy atom. The van der Waals surface area contributed by atoms with Gasteiger partial charge in [0, 0.05) is 86.2 Å². The van der Waals surface area contributed by atoms with Gasteiger partial charge in [-0.2, -0.15) is 5.28 Å². The SMILES string of the molecule is CCCN(CCCNC(=O)c1cn(C2CC2)c2c(Cl)c(N3CCCC[C@@H](N)C3)c(F)cc2c1=O)[NH+]([O-])NOC(=O)C1=C(COC(N)=O)CS[C@H]2N1C(=O)[C@]2(CC(=O)Cc1cccs1)OC. The molecule has 1 saturated carbocycles. The summed E-state index contributed by atoms with van der Waals surface area (Å²) < 4.78 is 28.3. The van der Waals surface area contributed by atoms with E-state index in [2.05, 4.69) is 10.9 Å². The van der Waals surface area contributed by atoms with Crippen LogP contribution < -0.4 is 38.0 Å². The number of quaternary nitrogens is 1. The van der Waals surface area contributed by atoms with E-state index in [1.165, 1.54) is 41.4 Å². The standard InChI is InChI=1S/C42H53ClFN9O10S2/c1-3-13-50(15-7-12-47-37(56)30-21-51(26-10-11-26)34-29(36(30)55)18-31(44)35(32(34)43)49-14-5-4-8-25(45)20-49)53(60)48-63-38(57)33-24(22-62-41(46)59)23-65-40-42(61-2,39(58)52(33)40)19-27(54)17-28-9-6-16-64-28/h6,9,16,18,21,25-26,40,48,53H,3-5,7-8,10-15,17,19-20,22-23,45H2,1-2H3,(H2,46,59)(H,47,56)/t25-,40-,42+/m1/s1. The van der Waals surface area contributed by atoms with Crippen molar-refractivity contribution in [1.29, 1.82) is 0 Å². The van der Waals surface area contributed by atoms with Crippen LogP contribution in [-0.2, 0) is 35.1 Å². The molecule has 4 aliphatic rings. The lowest BCUT2D eigenvalue weighted by Crippen LogP contribution is -3.20. The smallest absolute Gasteiger partial charge is 0.404 e. The molecule has 3 aromatic rings. The van der Waals surface area contributed by atoms with Crippen LogP contribution in [-0.4, -0.2) is 113 Å². The van der Waals surface area contributed by atoms with E-state index in [1.807, 2.05) is 29.3 Å². The van der Waals surface area contributed by atoms with Crippen molar-refractivity contribution in [3.63, 3.8) is 0 Å². The monoisotopic (exact) mass is 961 g/mol. The zero-order valence-electron chi connectivity index (χ0n) is 36.0. The molecule has 1 unspecified atom stereocenters. The number of hydrogen-bond donors (Lipinski definition) is 5. The minimum absolute atomic E-state index is 0.00234. The first kappa shape index (κ1) is 48.3. The van der Waals surface area contributed by atoms with Gasteiger partial charge in [-0.3, -0.25) is 24.1 Å². The van der Waals surface area contributed by atoms with Gasteiger partial charge >= 0.3 is 12.1 Å². The first-order valence-corrected chi connectivity index (χ1v) is 23.8. The molecule has 7 N–H and O–H groups in total. The number of carbonyl (C=O) groups is 5. The number of carbonyl (C=O) groups excluding carboxylic acids is 5. The molecule has 2 saturated heterocycles. The highest BCUT2D eigenvalue weighted by Gasteiger charge is 2.66. The number of halogens is 2. The molecule has 3 aliphatic heterocycles. The third-order valence-electron chi connectivity index (χ3n) is 11.9. The average Bonchev–Trinajstić information content (AvgIpc) is 4.04. The summed E-state index contributed by atoms with van der Waals surface area (Å²) >= 11 is 9.53. The predicted octanol–water partition coefficient (Wildman–Crippen LogP) is 2.45. The number of ether oxygens (including phenoxy) is 2. The second-order valence-corrected chi connectivity index (χ2v) is 19.0. The Morgan fingerprint density at radius 1 is 1.17 bits per heavy atom. The van der Waals surface area contributed by atoms with Crippen molar-refractivity contribution in [3.8, 4) is 0 Å². The molecule has 7 rings (SSSR count). The van der Waals surface area contributed by atoms with Crippen LogP contribution >= 0.6 is 34.7 Å². The number of fused-ring (bicyclic) bond motifs is 2. The quantitative estimate of drug-likeness (QED) is 0.0620. The number of nitrogens with two attached hydrogens (primary N) is 2. The third-order valence-corrected chi connectivity index (χ3v) is 14.5. The predicted molar refractivity (Wildman–Crippen MR) is 241 cm³/mol. The minimum atomic E-state index is -1.57. The fourth-order valence-corrected chi connectivity index (χ4v) is 11.2. The maximum Gasteiger partial charge on any atom is 0.404 e. The van der Waals surface area contributed by atoms with Gasteiger partial charge in [-0.25, -0.2) is 14.0 Å². The summed E-state index contributed by atoms with van der Waals surface area (Å²) in [4.78, 5) is 88.5. The molecule has 4 atom stereocenters. The van der Waals surface area contributed by atoms with E-state index in [4.69, 9.17) is 37.4 Å². The molecule has 65 heavy (non-hydrogen) atoms. The molecular formula is C42H53ClFN9O10S2. The van der Waals surface area contributed by atoms with E-state index in [0.717, 1.165) is 47.9 Å². The Balaban J connectivity index is 0.987. The minimum Gasteiger partial charge on any atom is -0.590 e. The Morgan fingerprint density at radius 2 is 1.95 bits per heavy atom. The Kier molecular flexibility index (Phi) is 15.5. The lowest BCUT2D eigenvalue weighted by molar-refractivity contribution is -1.03. The lowest BCUT2D eigenvalue weighted by atomic mass is 9.84. The molecule has 0 radical (unpaired) electrons. The second-order valence-electron chi connectivity index (χ2n) is 16.5. The van der Waals surface area contributed by atoms with Crippen LogP contribution in [0.25, 0.3) is 10.9 Å². The van der Waals surface area contributed by atoms with Gasteiger partial charge < -0.3 is 45.8 Å². The van der Waals surface area contributed by atoms with Gasteiger partial charge in [-0.1, -0.05) is 31.0 Å². The van der Waals surface area contributed by atoms with E-state index >= 15 is 4.39 Å². The van der Waals surface area contributed by atoms with E-state index in [-0.39, 0.29) is 95.4 Å². The highest BCUT2D eigenvalue weighted by atomic mass is 35.5. The lowest BCUT2D eigenvalue weighted by Gasteiger charge is -2.56. The van der Waals surface area contributed by atoms with Crippen LogP contribution in [0.1, 0.15) is 79.6 Å². The normalized spacial score (nSPS) is 21.5. The van der Waals surface area contributed by atoms with Gasteiger partial charge in [0.2, 0.25) is 5.43 Å². The van der Waals surface area contributed by atoms with Gasteiger partial charge in [-0.05, 0) is 56.0 Å². The topological polar surface area (TPSA) is 248 Å². The van der Waals surface area contributed by atoms with Crippen LogP contribution in [0, 0.1) is 11.0 Å². The number of amides is 3. The summed E-state index contributed by atoms with van der Waals surface area (Å²) in [6.45, 7) is 2.73. The largest absolute Gasteiger partial charge is 0.590 e. The number of methoxy groups -OCH3 is 1. The zero-order valence-corrected chi connectivity index (χ0v) is 38.4.